The van der Waals surface area contributed by atoms with E-state index >= 15 is 0 Å². The van der Waals surface area contributed by atoms with Crippen LogP contribution in [0.5, 0.6) is 11.5 Å². The van der Waals surface area contributed by atoms with Gasteiger partial charge in [-0.1, -0.05) is 129 Å². The van der Waals surface area contributed by atoms with Crippen molar-refractivity contribution in [2.45, 2.75) is 155 Å². The van der Waals surface area contributed by atoms with Gasteiger partial charge < -0.3 is 10.2 Å². The molecule has 32 heavy (non-hydrogen) atoms. The smallest absolute Gasteiger partial charge is 0.122 e. The lowest BCUT2D eigenvalue weighted by atomic mass is 9.97. The summed E-state index contributed by atoms with van der Waals surface area (Å²) in [4.78, 5) is 0. The molecule has 0 spiro atoms. The molecule has 0 radical (unpaired) electrons. The molecule has 0 aliphatic carbocycles. The molecule has 0 saturated heterocycles. The largest absolute Gasteiger partial charge is 0.508 e. The topological polar surface area (TPSA) is 40.5 Å². The number of benzene rings is 1. The van der Waals surface area contributed by atoms with Gasteiger partial charge in [0.15, 0.2) is 0 Å². The van der Waals surface area contributed by atoms with Crippen LogP contribution in [-0.4, -0.2) is 10.2 Å². The van der Waals surface area contributed by atoms with Crippen LogP contribution in [0.1, 0.15) is 153 Å². The van der Waals surface area contributed by atoms with Gasteiger partial charge in [0.1, 0.15) is 11.5 Å². The zero-order chi connectivity index (χ0) is 23.3. The Labute approximate surface area is 200 Å². The Balaban J connectivity index is 2.16. The summed E-state index contributed by atoms with van der Waals surface area (Å²) in [6.45, 7) is 4.54. The molecule has 0 amide bonds. The van der Waals surface area contributed by atoms with Crippen LogP contribution in [0.4, 0.5) is 0 Å². The average molecular weight is 447 g/mol. The Hall–Kier alpha value is -1.18. The van der Waals surface area contributed by atoms with Gasteiger partial charge in [-0.05, 0) is 48.9 Å². The molecule has 2 nitrogen and oxygen atoms in total. The summed E-state index contributed by atoms with van der Waals surface area (Å²) >= 11 is 0. The molecule has 186 valence electrons. The summed E-state index contributed by atoms with van der Waals surface area (Å²) in [5.41, 5.74) is 1.87. The molecular weight excluding hydrogens is 392 g/mol. The second kappa shape index (κ2) is 20.4. The molecule has 2 N–H and O–H groups in total. The van der Waals surface area contributed by atoms with E-state index in [0.717, 1.165) is 36.8 Å². The normalized spacial score (nSPS) is 11.3. The van der Waals surface area contributed by atoms with Gasteiger partial charge in [0, 0.05) is 0 Å². The average Bonchev–Trinajstić information content (AvgIpc) is 2.78. The molecule has 0 unspecified atom stereocenters. The lowest BCUT2D eigenvalue weighted by molar-refractivity contribution is 0.444. The first kappa shape index (κ1) is 28.9. The van der Waals surface area contributed by atoms with Crippen LogP contribution in [0.25, 0.3) is 0 Å². The third kappa shape index (κ3) is 14.8. The van der Waals surface area contributed by atoms with Crippen molar-refractivity contribution in [2.24, 2.45) is 0 Å². The Bertz CT molecular complexity index is 507. The van der Waals surface area contributed by atoms with Crippen molar-refractivity contribution in [3.8, 4) is 11.5 Å². The van der Waals surface area contributed by atoms with E-state index in [-0.39, 0.29) is 0 Å². The molecule has 0 atom stereocenters. The van der Waals surface area contributed by atoms with E-state index in [4.69, 9.17) is 0 Å². The minimum absolute atomic E-state index is 0.312. The molecule has 1 rings (SSSR count). The lowest BCUT2D eigenvalue weighted by Gasteiger charge is -2.11. The molecule has 0 aliphatic heterocycles. The molecule has 0 fully saturated rings. The minimum atomic E-state index is 0.312. The Morgan fingerprint density at radius 3 is 1.03 bits per heavy atom. The number of phenols is 2. The summed E-state index contributed by atoms with van der Waals surface area (Å²) in [6.07, 6.45) is 28.1. The van der Waals surface area contributed by atoms with Gasteiger partial charge in [-0.15, -0.1) is 0 Å². The summed E-state index contributed by atoms with van der Waals surface area (Å²) in [6, 6.07) is 3.54. The number of aryl methyl sites for hydroxylation is 2. The van der Waals surface area contributed by atoms with Gasteiger partial charge in [0.05, 0.1) is 0 Å². The van der Waals surface area contributed by atoms with Crippen LogP contribution < -0.4 is 0 Å². The molecule has 0 aromatic heterocycles. The van der Waals surface area contributed by atoms with Crippen molar-refractivity contribution >= 4 is 0 Å². The van der Waals surface area contributed by atoms with Crippen LogP contribution in [0.2, 0.25) is 0 Å². The standard InChI is InChI=1S/C30H54O2/c1-3-5-7-9-11-13-15-17-19-21-23-27-25-29(31)26-28(30(27)32)24-22-20-18-16-14-12-10-8-6-4-2/h25-26,31-32H,3-24H2,1-2H3. The highest BCUT2D eigenvalue weighted by molar-refractivity contribution is 5.46. The maximum absolute atomic E-state index is 10.7. The fourth-order valence-corrected chi connectivity index (χ4v) is 4.73. The first-order chi connectivity index (χ1) is 15.7. The maximum Gasteiger partial charge on any atom is 0.122 e. The number of rotatable bonds is 22. The van der Waals surface area contributed by atoms with Gasteiger partial charge in [0.2, 0.25) is 0 Å². The minimum Gasteiger partial charge on any atom is -0.508 e. The highest BCUT2D eigenvalue weighted by Crippen LogP contribution is 2.31. The Morgan fingerprint density at radius 2 is 0.719 bits per heavy atom. The third-order valence-electron chi connectivity index (χ3n) is 6.85. The van der Waals surface area contributed by atoms with E-state index < -0.39 is 0 Å². The summed E-state index contributed by atoms with van der Waals surface area (Å²) in [7, 11) is 0. The maximum atomic E-state index is 10.7. The molecule has 2 heteroatoms. The second-order valence-electron chi connectivity index (χ2n) is 9.98. The van der Waals surface area contributed by atoms with Crippen molar-refractivity contribution in [3.63, 3.8) is 0 Å². The van der Waals surface area contributed by atoms with Crippen molar-refractivity contribution in [3.05, 3.63) is 23.3 Å². The van der Waals surface area contributed by atoms with E-state index in [9.17, 15) is 10.2 Å². The van der Waals surface area contributed by atoms with E-state index in [1.54, 1.807) is 12.1 Å². The fourth-order valence-electron chi connectivity index (χ4n) is 4.73. The number of unbranched alkanes of at least 4 members (excludes halogenated alkanes) is 18. The predicted octanol–water partition coefficient (Wildman–Crippen LogP) is 10.0. The molecule has 0 heterocycles. The Kier molecular flexibility index (Phi) is 18.4. The summed E-state index contributed by atoms with van der Waals surface area (Å²) in [5.74, 6) is 0.751. The van der Waals surface area contributed by atoms with Crippen LogP contribution in [0.3, 0.4) is 0 Å². The van der Waals surface area contributed by atoms with Crippen LogP contribution in [-0.2, 0) is 12.8 Å². The van der Waals surface area contributed by atoms with Crippen LogP contribution in [0.15, 0.2) is 12.1 Å². The van der Waals surface area contributed by atoms with Crippen molar-refractivity contribution < 1.29 is 10.2 Å². The first-order valence-electron chi connectivity index (χ1n) is 14.2. The van der Waals surface area contributed by atoms with Crippen LogP contribution in [0, 0.1) is 0 Å². The van der Waals surface area contributed by atoms with E-state index in [1.807, 2.05) is 0 Å². The first-order valence-corrected chi connectivity index (χ1v) is 14.2. The van der Waals surface area contributed by atoms with Gasteiger partial charge >= 0.3 is 0 Å². The van der Waals surface area contributed by atoms with Crippen molar-refractivity contribution in [2.75, 3.05) is 0 Å². The Morgan fingerprint density at radius 1 is 0.438 bits per heavy atom. The third-order valence-corrected chi connectivity index (χ3v) is 6.85. The van der Waals surface area contributed by atoms with E-state index in [2.05, 4.69) is 13.8 Å². The van der Waals surface area contributed by atoms with Crippen molar-refractivity contribution in [1.29, 1.82) is 0 Å². The lowest BCUT2D eigenvalue weighted by Crippen LogP contribution is -1.94. The predicted molar refractivity (Wildman–Crippen MR) is 141 cm³/mol. The fraction of sp³-hybridized carbons (Fsp3) is 0.800. The number of aromatic hydroxyl groups is 2. The monoisotopic (exact) mass is 446 g/mol. The van der Waals surface area contributed by atoms with Gasteiger partial charge in [-0.2, -0.15) is 0 Å². The molecule has 1 aromatic carbocycles. The van der Waals surface area contributed by atoms with Gasteiger partial charge in [0.25, 0.3) is 0 Å². The van der Waals surface area contributed by atoms with Crippen LogP contribution >= 0.6 is 0 Å². The van der Waals surface area contributed by atoms with Gasteiger partial charge in [-0.25, -0.2) is 0 Å². The highest BCUT2D eigenvalue weighted by Gasteiger charge is 2.10. The SMILES string of the molecule is CCCCCCCCCCCCc1cc(O)cc(CCCCCCCCCCCC)c1O. The number of phenolic OH excluding ortho intramolecular Hbond substituents is 2. The summed E-state index contributed by atoms with van der Waals surface area (Å²) in [5, 5.41) is 20.8. The molecule has 0 bridgehead atoms. The van der Waals surface area contributed by atoms with E-state index in [1.165, 1.54) is 116 Å². The molecule has 0 aliphatic rings. The molecule has 0 saturated carbocycles. The highest BCUT2D eigenvalue weighted by atomic mass is 16.3. The quantitative estimate of drug-likeness (QED) is 0.137. The van der Waals surface area contributed by atoms with Crippen molar-refractivity contribution in [1.82, 2.24) is 0 Å². The zero-order valence-electron chi connectivity index (χ0n) is 21.6. The number of hydrogen-bond acceptors (Lipinski definition) is 2. The zero-order valence-corrected chi connectivity index (χ0v) is 21.6. The van der Waals surface area contributed by atoms with Gasteiger partial charge in [-0.3, -0.25) is 0 Å². The molecular formula is C30H54O2. The molecule has 1 aromatic rings. The van der Waals surface area contributed by atoms with E-state index in [0.29, 0.717) is 11.5 Å². The number of hydrogen-bond donors (Lipinski definition) is 2. The summed E-state index contributed by atoms with van der Waals surface area (Å²) < 4.78 is 0. The second-order valence-corrected chi connectivity index (χ2v) is 9.98.